The number of nitrogens with two attached hydrogens (primary N) is 1. The monoisotopic (exact) mass is 274 g/mol. The number of rotatable bonds is 2. The number of anilines is 1. The summed E-state index contributed by atoms with van der Waals surface area (Å²) in [7, 11) is 0. The minimum absolute atomic E-state index is 0.0191. The number of urea groups is 1. The van der Waals surface area contributed by atoms with Gasteiger partial charge in [-0.25, -0.2) is 4.79 Å². The van der Waals surface area contributed by atoms with Crippen LogP contribution in [0.15, 0.2) is 24.3 Å². The molecule has 2 heterocycles. The van der Waals surface area contributed by atoms with Crippen LogP contribution in [0.3, 0.4) is 0 Å². The Morgan fingerprint density at radius 2 is 2.15 bits per heavy atom. The van der Waals surface area contributed by atoms with E-state index in [1.54, 1.807) is 11.0 Å². The minimum atomic E-state index is -0.0191. The van der Waals surface area contributed by atoms with Crippen molar-refractivity contribution < 1.29 is 9.59 Å². The highest BCUT2D eigenvalue weighted by Gasteiger charge is 2.36. The molecular weight excluding hydrogens is 256 g/mol. The molecule has 0 spiro atoms. The third-order valence-electron chi connectivity index (χ3n) is 3.98. The maximum atomic E-state index is 12.3. The van der Waals surface area contributed by atoms with E-state index in [0.717, 1.165) is 5.56 Å². The SMILES string of the molecule is Nc1ccccc1CC(=O)N1CCN2C(=O)NCC2C1. The summed E-state index contributed by atoms with van der Waals surface area (Å²) in [5.74, 6) is 0.0712. The molecule has 1 atom stereocenters. The van der Waals surface area contributed by atoms with Crippen molar-refractivity contribution in [2.24, 2.45) is 0 Å². The van der Waals surface area contributed by atoms with E-state index in [9.17, 15) is 9.59 Å². The van der Waals surface area contributed by atoms with Crippen LogP contribution in [-0.4, -0.2) is 54.0 Å². The van der Waals surface area contributed by atoms with Crippen molar-refractivity contribution in [3.8, 4) is 0 Å². The molecule has 6 nitrogen and oxygen atoms in total. The van der Waals surface area contributed by atoms with Crippen LogP contribution in [0.25, 0.3) is 0 Å². The normalized spacial score (nSPS) is 21.6. The fourth-order valence-electron chi connectivity index (χ4n) is 2.80. The van der Waals surface area contributed by atoms with Crippen molar-refractivity contribution in [1.29, 1.82) is 0 Å². The zero-order valence-electron chi connectivity index (χ0n) is 11.2. The van der Waals surface area contributed by atoms with Crippen molar-refractivity contribution in [2.45, 2.75) is 12.5 Å². The van der Waals surface area contributed by atoms with Crippen molar-refractivity contribution >= 4 is 17.6 Å². The lowest BCUT2D eigenvalue weighted by Crippen LogP contribution is -2.54. The van der Waals surface area contributed by atoms with Gasteiger partial charge in [0, 0.05) is 31.9 Å². The number of hydrogen-bond acceptors (Lipinski definition) is 3. The van der Waals surface area contributed by atoms with Gasteiger partial charge in [-0.3, -0.25) is 4.79 Å². The Morgan fingerprint density at radius 1 is 1.35 bits per heavy atom. The van der Waals surface area contributed by atoms with Crippen molar-refractivity contribution in [1.82, 2.24) is 15.1 Å². The molecule has 1 aromatic rings. The lowest BCUT2D eigenvalue weighted by atomic mass is 10.1. The Kier molecular flexibility index (Phi) is 3.22. The molecule has 2 fully saturated rings. The topological polar surface area (TPSA) is 78.7 Å². The van der Waals surface area contributed by atoms with E-state index in [1.165, 1.54) is 0 Å². The minimum Gasteiger partial charge on any atom is -0.398 e. The van der Waals surface area contributed by atoms with E-state index in [4.69, 9.17) is 5.73 Å². The number of piperazine rings is 1. The number of nitrogen functional groups attached to an aromatic ring is 1. The van der Waals surface area contributed by atoms with Gasteiger partial charge in [0.05, 0.1) is 12.5 Å². The maximum absolute atomic E-state index is 12.3. The van der Waals surface area contributed by atoms with E-state index in [0.29, 0.717) is 38.3 Å². The molecule has 6 heteroatoms. The van der Waals surface area contributed by atoms with Gasteiger partial charge in [0.25, 0.3) is 0 Å². The van der Waals surface area contributed by atoms with Crippen LogP contribution in [0.4, 0.5) is 10.5 Å². The number of amides is 3. The molecular formula is C14H18N4O2. The molecule has 1 unspecified atom stereocenters. The Bertz CT molecular complexity index is 546. The first-order valence-electron chi connectivity index (χ1n) is 6.81. The van der Waals surface area contributed by atoms with Crippen LogP contribution in [0.1, 0.15) is 5.56 Å². The third kappa shape index (κ3) is 2.29. The number of para-hydroxylation sites is 1. The van der Waals surface area contributed by atoms with Gasteiger partial charge >= 0.3 is 6.03 Å². The predicted octanol–water partition coefficient (Wildman–Crippen LogP) is 0.0473. The van der Waals surface area contributed by atoms with Gasteiger partial charge in [0.1, 0.15) is 0 Å². The second-order valence-corrected chi connectivity index (χ2v) is 5.25. The summed E-state index contributed by atoms with van der Waals surface area (Å²) >= 11 is 0. The highest BCUT2D eigenvalue weighted by molar-refractivity contribution is 5.82. The number of carbonyl (C=O) groups excluding carboxylic acids is 2. The summed E-state index contributed by atoms with van der Waals surface area (Å²) in [5.41, 5.74) is 7.38. The Labute approximate surface area is 117 Å². The molecule has 2 aliphatic heterocycles. The van der Waals surface area contributed by atoms with Crippen molar-refractivity contribution in [2.75, 3.05) is 31.9 Å². The van der Waals surface area contributed by atoms with E-state index in [-0.39, 0.29) is 18.0 Å². The highest BCUT2D eigenvalue weighted by Crippen LogP contribution is 2.17. The van der Waals surface area contributed by atoms with Gasteiger partial charge in [0.15, 0.2) is 0 Å². The molecule has 3 amide bonds. The highest BCUT2D eigenvalue weighted by atomic mass is 16.2. The summed E-state index contributed by atoms with van der Waals surface area (Å²) in [6.07, 6.45) is 0.320. The standard InChI is InChI=1S/C14H18N4O2/c15-12-4-2-1-3-10(12)7-13(19)17-5-6-18-11(9-17)8-16-14(18)20/h1-4,11H,5-9,15H2,(H,16,20). The van der Waals surface area contributed by atoms with Crippen LogP contribution >= 0.6 is 0 Å². The van der Waals surface area contributed by atoms with E-state index in [2.05, 4.69) is 5.32 Å². The fraction of sp³-hybridized carbons (Fsp3) is 0.429. The van der Waals surface area contributed by atoms with Crippen molar-refractivity contribution in [3.05, 3.63) is 29.8 Å². The lowest BCUT2D eigenvalue weighted by Gasteiger charge is -2.36. The molecule has 2 saturated heterocycles. The molecule has 0 radical (unpaired) electrons. The van der Waals surface area contributed by atoms with Crippen LogP contribution in [-0.2, 0) is 11.2 Å². The number of hydrogen-bond donors (Lipinski definition) is 2. The van der Waals surface area contributed by atoms with Crippen LogP contribution < -0.4 is 11.1 Å². The van der Waals surface area contributed by atoms with Crippen LogP contribution in [0.5, 0.6) is 0 Å². The van der Waals surface area contributed by atoms with Crippen molar-refractivity contribution in [3.63, 3.8) is 0 Å². The number of nitrogens with zero attached hydrogens (tertiary/aromatic N) is 2. The first-order valence-corrected chi connectivity index (χ1v) is 6.81. The van der Waals surface area contributed by atoms with E-state index >= 15 is 0 Å². The van der Waals surface area contributed by atoms with Gasteiger partial charge in [-0.05, 0) is 11.6 Å². The van der Waals surface area contributed by atoms with Gasteiger partial charge in [-0.1, -0.05) is 18.2 Å². The maximum Gasteiger partial charge on any atom is 0.317 e. The zero-order valence-corrected chi connectivity index (χ0v) is 11.2. The summed E-state index contributed by atoms with van der Waals surface area (Å²) in [4.78, 5) is 27.5. The average molecular weight is 274 g/mol. The zero-order chi connectivity index (χ0) is 14.1. The second-order valence-electron chi connectivity index (χ2n) is 5.25. The van der Waals surface area contributed by atoms with E-state index in [1.807, 2.05) is 23.1 Å². The number of benzene rings is 1. The summed E-state index contributed by atoms with van der Waals surface area (Å²) in [6.45, 7) is 2.42. The van der Waals surface area contributed by atoms with Gasteiger partial charge in [-0.15, -0.1) is 0 Å². The summed E-state index contributed by atoms with van der Waals surface area (Å²) in [5, 5.41) is 2.81. The first kappa shape index (κ1) is 12.8. The summed E-state index contributed by atoms with van der Waals surface area (Å²) in [6, 6.07) is 7.52. The number of nitrogens with one attached hydrogen (secondary N) is 1. The first-order chi connectivity index (χ1) is 9.65. The molecule has 2 aliphatic rings. The lowest BCUT2D eigenvalue weighted by molar-refractivity contribution is -0.132. The van der Waals surface area contributed by atoms with Crippen LogP contribution in [0, 0.1) is 0 Å². The predicted molar refractivity (Wildman–Crippen MR) is 75.0 cm³/mol. The molecule has 0 aliphatic carbocycles. The average Bonchev–Trinajstić information content (AvgIpc) is 2.82. The van der Waals surface area contributed by atoms with Gasteiger partial charge in [0.2, 0.25) is 5.91 Å². The molecule has 1 aromatic carbocycles. The molecule has 3 N–H and O–H groups in total. The molecule has 0 aromatic heterocycles. The summed E-state index contributed by atoms with van der Waals surface area (Å²) < 4.78 is 0. The number of fused-ring (bicyclic) bond motifs is 1. The molecule has 0 saturated carbocycles. The van der Waals surface area contributed by atoms with Crippen LogP contribution in [0.2, 0.25) is 0 Å². The fourth-order valence-corrected chi connectivity index (χ4v) is 2.80. The molecule has 3 rings (SSSR count). The molecule has 20 heavy (non-hydrogen) atoms. The number of carbonyl (C=O) groups is 2. The largest absolute Gasteiger partial charge is 0.398 e. The second kappa shape index (κ2) is 5.03. The molecule has 0 bridgehead atoms. The Balaban J connectivity index is 1.64. The third-order valence-corrected chi connectivity index (χ3v) is 3.98. The Hall–Kier alpha value is -2.24. The molecule has 106 valence electrons. The van der Waals surface area contributed by atoms with E-state index < -0.39 is 0 Å². The quantitative estimate of drug-likeness (QED) is 0.748. The van der Waals surface area contributed by atoms with Gasteiger partial charge in [-0.2, -0.15) is 0 Å². The van der Waals surface area contributed by atoms with Gasteiger partial charge < -0.3 is 20.9 Å². The smallest absolute Gasteiger partial charge is 0.317 e. The Morgan fingerprint density at radius 3 is 2.95 bits per heavy atom.